The Hall–Kier alpha value is -2.53. The van der Waals surface area contributed by atoms with Crippen molar-refractivity contribution in [3.8, 4) is 5.75 Å². The molecule has 2 aromatic carbocycles. The van der Waals surface area contributed by atoms with Gasteiger partial charge in [-0.25, -0.2) is 0 Å². The number of nitrogens with two attached hydrogens (primary N) is 1. The molecule has 0 bridgehead atoms. The first-order chi connectivity index (χ1) is 11.5. The fourth-order valence-electron chi connectivity index (χ4n) is 2.13. The van der Waals surface area contributed by atoms with Crippen LogP contribution in [0.3, 0.4) is 0 Å². The Labute approximate surface area is 145 Å². The van der Waals surface area contributed by atoms with Gasteiger partial charge in [-0.15, -0.1) is 0 Å². The van der Waals surface area contributed by atoms with E-state index < -0.39 is 5.91 Å². The molecule has 3 N–H and O–H groups in total. The van der Waals surface area contributed by atoms with Crippen LogP contribution in [0.15, 0.2) is 42.5 Å². The van der Waals surface area contributed by atoms with Gasteiger partial charge in [0.05, 0.1) is 6.61 Å². The van der Waals surface area contributed by atoms with Crippen LogP contribution in [0.25, 0.3) is 0 Å². The normalized spacial score (nSPS) is 10.2. The molecule has 0 radical (unpaired) electrons. The van der Waals surface area contributed by atoms with Gasteiger partial charge in [-0.3, -0.25) is 9.59 Å². The second-order valence-electron chi connectivity index (χ2n) is 5.35. The fraction of sp³-hybridized carbons (Fsp3) is 0.222. The second kappa shape index (κ2) is 8.36. The average Bonchev–Trinajstić information content (AvgIpc) is 2.53. The van der Waals surface area contributed by atoms with Crippen molar-refractivity contribution < 1.29 is 14.3 Å². The number of halogens is 1. The molecule has 0 unspecified atom stereocenters. The first kappa shape index (κ1) is 17.8. The molecule has 5 nitrogen and oxygen atoms in total. The number of primary amides is 1. The molecular weight excluding hydrogens is 328 g/mol. The highest BCUT2D eigenvalue weighted by atomic mass is 35.5. The summed E-state index contributed by atoms with van der Waals surface area (Å²) in [5, 5.41) is 3.43. The van der Waals surface area contributed by atoms with Crippen molar-refractivity contribution in [3.63, 3.8) is 0 Å². The van der Waals surface area contributed by atoms with E-state index in [1.165, 1.54) is 0 Å². The lowest BCUT2D eigenvalue weighted by molar-refractivity contribution is -0.116. The Morgan fingerprint density at radius 3 is 2.50 bits per heavy atom. The van der Waals surface area contributed by atoms with Gasteiger partial charge < -0.3 is 15.8 Å². The van der Waals surface area contributed by atoms with Crippen molar-refractivity contribution in [2.24, 2.45) is 5.73 Å². The Morgan fingerprint density at radius 2 is 1.88 bits per heavy atom. The minimum Gasteiger partial charge on any atom is -0.493 e. The van der Waals surface area contributed by atoms with Crippen molar-refractivity contribution in [1.82, 2.24) is 0 Å². The standard InChI is InChI=1S/C18H19ClN2O3/c1-12-11-14(19)6-9-16(12)24-10-2-3-17(22)21-15-7-4-13(5-8-15)18(20)23/h4-9,11H,2-3,10H2,1H3,(H2,20,23)(H,21,22). The van der Waals surface area contributed by atoms with Crippen LogP contribution in [-0.4, -0.2) is 18.4 Å². The number of aryl methyl sites for hydroxylation is 1. The smallest absolute Gasteiger partial charge is 0.248 e. The van der Waals surface area contributed by atoms with E-state index in [-0.39, 0.29) is 5.91 Å². The summed E-state index contributed by atoms with van der Waals surface area (Å²) in [6.45, 7) is 2.36. The summed E-state index contributed by atoms with van der Waals surface area (Å²) in [6.07, 6.45) is 0.928. The predicted molar refractivity (Wildman–Crippen MR) is 94.5 cm³/mol. The molecule has 0 heterocycles. The molecular formula is C18H19ClN2O3. The van der Waals surface area contributed by atoms with E-state index in [0.29, 0.717) is 35.7 Å². The fourth-order valence-corrected chi connectivity index (χ4v) is 2.36. The lowest BCUT2D eigenvalue weighted by atomic mass is 10.2. The van der Waals surface area contributed by atoms with Gasteiger partial charge in [-0.1, -0.05) is 11.6 Å². The number of carbonyl (C=O) groups excluding carboxylic acids is 2. The van der Waals surface area contributed by atoms with E-state index in [4.69, 9.17) is 22.1 Å². The number of hydrogen-bond donors (Lipinski definition) is 2. The highest BCUT2D eigenvalue weighted by molar-refractivity contribution is 6.30. The van der Waals surface area contributed by atoms with Gasteiger partial charge in [0, 0.05) is 22.7 Å². The molecule has 0 aliphatic heterocycles. The molecule has 2 aromatic rings. The zero-order chi connectivity index (χ0) is 17.5. The molecule has 6 heteroatoms. The Morgan fingerprint density at radius 1 is 1.17 bits per heavy atom. The van der Waals surface area contributed by atoms with Crippen LogP contribution < -0.4 is 15.8 Å². The van der Waals surface area contributed by atoms with Crippen LogP contribution >= 0.6 is 11.6 Å². The maximum atomic E-state index is 11.9. The van der Waals surface area contributed by atoms with Crippen LogP contribution in [-0.2, 0) is 4.79 Å². The number of benzene rings is 2. The number of rotatable bonds is 7. The summed E-state index contributed by atoms with van der Waals surface area (Å²) >= 11 is 5.89. The molecule has 0 saturated heterocycles. The largest absolute Gasteiger partial charge is 0.493 e. The third-order valence-electron chi connectivity index (χ3n) is 3.40. The van der Waals surface area contributed by atoms with E-state index in [0.717, 1.165) is 11.3 Å². The molecule has 0 aliphatic carbocycles. The molecule has 24 heavy (non-hydrogen) atoms. The second-order valence-corrected chi connectivity index (χ2v) is 5.79. The first-order valence-corrected chi connectivity index (χ1v) is 7.92. The molecule has 0 spiro atoms. The summed E-state index contributed by atoms with van der Waals surface area (Å²) < 4.78 is 5.64. The number of anilines is 1. The van der Waals surface area contributed by atoms with Crippen molar-refractivity contribution in [3.05, 3.63) is 58.6 Å². The summed E-state index contributed by atoms with van der Waals surface area (Å²) in [5.41, 5.74) is 7.15. The number of amides is 2. The third-order valence-corrected chi connectivity index (χ3v) is 3.63. The van der Waals surface area contributed by atoms with E-state index >= 15 is 0 Å². The number of hydrogen-bond acceptors (Lipinski definition) is 3. The van der Waals surface area contributed by atoms with Crippen LogP contribution in [0.2, 0.25) is 5.02 Å². The maximum Gasteiger partial charge on any atom is 0.248 e. The molecule has 0 atom stereocenters. The molecule has 0 saturated carbocycles. The van der Waals surface area contributed by atoms with Gasteiger partial charge in [-0.05, 0) is 61.4 Å². The molecule has 2 amide bonds. The first-order valence-electron chi connectivity index (χ1n) is 7.54. The predicted octanol–water partition coefficient (Wildman–Crippen LogP) is 3.55. The molecule has 126 valence electrons. The lowest BCUT2D eigenvalue weighted by Gasteiger charge is -2.09. The lowest BCUT2D eigenvalue weighted by Crippen LogP contribution is -2.14. The van der Waals surface area contributed by atoms with Crippen molar-refractivity contribution in [2.75, 3.05) is 11.9 Å². The zero-order valence-electron chi connectivity index (χ0n) is 13.3. The highest BCUT2D eigenvalue weighted by Crippen LogP contribution is 2.22. The van der Waals surface area contributed by atoms with Gasteiger partial charge >= 0.3 is 0 Å². The SMILES string of the molecule is Cc1cc(Cl)ccc1OCCCC(=O)Nc1ccc(C(N)=O)cc1. The molecule has 2 rings (SSSR count). The van der Waals surface area contributed by atoms with Gasteiger partial charge in [0.2, 0.25) is 11.8 Å². The van der Waals surface area contributed by atoms with Crippen molar-refractivity contribution >= 4 is 29.1 Å². The topological polar surface area (TPSA) is 81.4 Å². The maximum absolute atomic E-state index is 11.9. The van der Waals surface area contributed by atoms with Crippen LogP contribution in [0.4, 0.5) is 5.69 Å². The van der Waals surface area contributed by atoms with Crippen LogP contribution in [0.5, 0.6) is 5.75 Å². The highest BCUT2D eigenvalue weighted by Gasteiger charge is 2.05. The molecule has 0 aliphatic rings. The summed E-state index contributed by atoms with van der Waals surface area (Å²) in [7, 11) is 0. The van der Waals surface area contributed by atoms with Gasteiger partial charge in [0.25, 0.3) is 0 Å². The molecule has 0 fully saturated rings. The number of ether oxygens (including phenoxy) is 1. The average molecular weight is 347 g/mol. The Balaban J connectivity index is 1.74. The summed E-state index contributed by atoms with van der Waals surface area (Å²) in [5.74, 6) is 0.155. The van der Waals surface area contributed by atoms with Crippen LogP contribution in [0, 0.1) is 6.92 Å². The quantitative estimate of drug-likeness (QED) is 0.752. The van der Waals surface area contributed by atoms with Crippen LogP contribution in [0.1, 0.15) is 28.8 Å². The monoisotopic (exact) mass is 346 g/mol. The van der Waals surface area contributed by atoms with Gasteiger partial charge in [0.1, 0.15) is 5.75 Å². The number of carbonyl (C=O) groups is 2. The van der Waals surface area contributed by atoms with E-state index in [1.807, 2.05) is 19.1 Å². The number of nitrogens with one attached hydrogen (secondary N) is 1. The zero-order valence-corrected chi connectivity index (χ0v) is 14.1. The molecule has 0 aromatic heterocycles. The third kappa shape index (κ3) is 5.28. The van der Waals surface area contributed by atoms with E-state index in [1.54, 1.807) is 30.3 Å². The minimum absolute atomic E-state index is 0.113. The summed E-state index contributed by atoms with van der Waals surface area (Å²) in [6, 6.07) is 11.9. The van der Waals surface area contributed by atoms with E-state index in [2.05, 4.69) is 5.32 Å². The van der Waals surface area contributed by atoms with Crippen molar-refractivity contribution in [2.45, 2.75) is 19.8 Å². The summed E-state index contributed by atoms with van der Waals surface area (Å²) in [4.78, 5) is 22.9. The minimum atomic E-state index is -0.498. The Bertz CT molecular complexity index is 730. The van der Waals surface area contributed by atoms with Gasteiger partial charge in [-0.2, -0.15) is 0 Å². The van der Waals surface area contributed by atoms with Gasteiger partial charge in [0.15, 0.2) is 0 Å². The van der Waals surface area contributed by atoms with E-state index in [9.17, 15) is 9.59 Å². The Kier molecular flexibility index (Phi) is 6.21. The van der Waals surface area contributed by atoms with Crippen molar-refractivity contribution in [1.29, 1.82) is 0 Å².